The second kappa shape index (κ2) is 5.66. The van der Waals surface area contributed by atoms with Crippen molar-refractivity contribution in [2.24, 2.45) is 5.73 Å². The Hall–Kier alpha value is -0.470. The van der Waals surface area contributed by atoms with Crippen molar-refractivity contribution in [3.05, 3.63) is 28.2 Å². The molecule has 1 rings (SSSR count). The van der Waals surface area contributed by atoms with Crippen molar-refractivity contribution in [3.8, 4) is 0 Å². The van der Waals surface area contributed by atoms with Gasteiger partial charge in [0.25, 0.3) is 5.92 Å². The zero-order valence-electron chi connectivity index (χ0n) is 8.96. The minimum absolute atomic E-state index is 0.147. The van der Waals surface area contributed by atoms with E-state index in [0.717, 1.165) is 6.07 Å². The van der Waals surface area contributed by atoms with Gasteiger partial charge in [-0.3, -0.25) is 0 Å². The molecule has 0 saturated carbocycles. The maximum Gasteiger partial charge on any atom is 0.273 e. The lowest BCUT2D eigenvalue weighted by atomic mass is 10.3. The number of sulfonamides is 1. The average molecular weight is 319 g/mol. The van der Waals surface area contributed by atoms with Crippen LogP contribution >= 0.6 is 23.2 Å². The Kier molecular flexibility index (Phi) is 4.90. The van der Waals surface area contributed by atoms with Gasteiger partial charge >= 0.3 is 0 Å². The minimum Gasteiger partial charge on any atom is -0.325 e. The van der Waals surface area contributed by atoms with Crippen LogP contribution in [0.15, 0.2) is 23.1 Å². The number of benzene rings is 1. The maximum atomic E-state index is 12.9. The summed E-state index contributed by atoms with van der Waals surface area (Å²) in [5.41, 5.74) is 4.80. The third-order valence-corrected chi connectivity index (χ3v) is 4.12. The predicted octanol–water partition coefficient (Wildman–Crippen LogP) is 1.87. The van der Waals surface area contributed by atoms with E-state index < -0.39 is 29.0 Å². The van der Waals surface area contributed by atoms with Crippen LogP contribution in [-0.2, 0) is 10.0 Å². The van der Waals surface area contributed by atoms with Gasteiger partial charge in [0.2, 0.25) is 10.0 Å². The van der Waals surface area contributed by atoms with Crippen molar-refractivity contribution < 1.29 is 17.2 Å². The first kappa shape index (κ1) is 15.6. The second-order valence-electron chi connectivity index (χ2n) is 3.46. The van der Waals surface area contributed by atoms with Crippen LogP contribution in [-0.4, -0.2) is 27.4 Å². The monoisotopic (exact) mass is 318 g/mol. The molecule has 18 heavy (non-hydrogen) atoms. The first-order valence-corrected chi connectivity index (χ1v) is 6.94. The summed E-state index contributed by atoms with van der Waals surface area (Å²) in [5.74, 6) is -3.31. The van der Waals surface area contributed by atoms with Gasteiger partial charge in [0, 0.05) is 5.02 Å². The van der Waals surface area contributed by atoms with Crippen molar-refractivity contribution in [2.75, 3.05) is 13.1 Å². The second-order valence-corrected chi connectivity index (χ2v) is 6.04. The topological polar surface area (TPSA) is 72.2 Å². The Labute approximate surface area is 113 Å². The van der Waals surface area contributed by atoms with E-state index >= 15 is 0 Å². The zero-order chi connectivity index (χ0) is 14.0. The molecule has 1 aromatic rings. The van der Waals surface area contributed by atoms with Gasteiger partial charge in [-0.05, 0) is 18.2 Å². The van der Waals surface area contributed by atoms with Gasteiger partial charge < -0.3 is 5.73 Å². The van der Waals surface area contributed by atoms with E-state index in [1.54, 1.807) is 4.72 Å². The maximum absolute atomic E-state index is 12.9. The molecule has 0 unspecified atom stereocenters. The lowest BCUT2D eigenvalue weighted by Crippen LogP contribution is -2.41. The molecule has 0 aliphatic carbocycles. The fourth-order valence-corrected chi connectivity index (χ4v) is 2.88. The SMILES string of the molecule is NCC(F)(F)CNS(=O)(=O)c1ccc(Cl)cc1Cl. The van der Waals surface area contributed by atoms with E-state index in [0.29, 0.717) is 0 Å². The quantitative estimate of drug-likeness (QED) is 0.870. The molecule has 1 aromatic carbocycles. The van der Waals surface area contributed by atoms with E-state index in [9.17, 15) is 17.2 Å². The molecular weight excluding hydrogens is 309 g/mol. The number of hydrogen-bond acceptors (Lipinski definition) is 3. The third-order valence-electron chi connectivity index (χ3n) is 2.00. The van der Waals surface area contributed by atoms with Crippen molar-refractivity contribution in [1.82, 2.24) is 4.72 Å². The van der Waals surface area contributed by atoms with Gasteiger partial charge in [-0.15, -0.1) is 0 Å². The Morgan fingerprint density at radius 3 is 2.44 bits per heavy atom. The number of halogens is 4. The highest BCUT2D eigenvalue weighted by atomic mass is 35.5. The summed E-state index contributed by atoms with van der Waals surface area (Å²) in [6.07, 6.45) is 0. The molecule has 9 heteroatoms. The highest BCUT2D eigenvalue weighted by molar-refractivity contribution is 7.89. The van der Waals surface area contributed by atoms with Crippen LogP contribution in [0.5, 0.6) is 0 Å². The number of nitrogens with one attached hydrogen (secondary N) is 1. The Balaban J connectivity index is 2.94. The first-order chi connectivity index (χ1) is 8.18. The Morgan fingerprint density at radius 1 is 1.33 bits per heavy atom. The Morgan fingerprint density at radius 2 is 1.94 bits per heavy atom. The summed E-state index contributed by atoms with van der Waals surface area (Å²) >= 11 is 11.3. The molecule has 0 heterocycles. The van der Waals surface area contributed by atoms with E-state index in [1.807, 2.05) is 0 Å². The van der Waals surface area contributed by atoms with Crippen LogP contribution in [0.3, 0.4) is 0 Å². The van der Waals surface area contributed by atoms with E-state index in [4.69, 9.17) is 28.9 Å². The zero-order valence-corrected chi connectivity index (χ0v) is 11.3. The summed E-state index contributed by atoms with van der Waals surface area (Å²) in [7, 11) is -4.13. The fourth-order valence-electron chi connectivity index (χ4n) is 1.04. The van der Waals surface area contributed by atoms with Crippen LogP contribution in [0.2, 0.25) is 10.0 Å². The normalized spacial score (nSPS) is 12.7. The van der Waals surface area contributed by atoms with Crippen LogP contribution < -0.4 is 10.5 Å². The van der Waals surface area contributed by atoms with Crippen LogP contribution in [0.1, 0.15) is 0 Å². The van der Waals surface area contributed by atoms with E-state index in [1.165, 1.54) is 12.1 Å². The van der Waals surface area contributed by atoms with Crippen LogP contribution in [0, 0.1) is 0 Å². The number of nitrogens with two attached hydrogens (primary N) is 1. The summed E-state index contributed by atoms with van der Waals surface area (Å²) in [4.78, 5) is -0.318. The average Bonchev–Trinajstić information content (AvgIpc) is 2.26. The highest BCUT2D eigenvalue weighted by Crippen LogP contribution is 2.25. The summed E-state index contributed by atoms with van der Waals surface area (Å²) < 4.78 is 50.9. The minimum atomic E-state index is -4.13. The molecule has 0 fully saturated rings. The van der Waals surface area contributed by atoms with Gasteiger partial charge in [0.15, 0.2) is 0 Å². The van der Waals surface area contributed by atoms with Crippen molar-refractivity contribution in [2.45, 2.75) is 10.8 Å². The standard InChI is InChI=1S/C9H10Cl2F2N2O2S/c10-6-1-2-8(7(11)3-6)18(16,17)15-5-9(12,13)4-14/h1-3,15H,4-5,14H2. The number of alkyl halides is 2. The summed E-state index contributed by atoms with van der Waals surface area (Å²) in [6.45, 7) is -2.05. The molecule has 0 radical (unpaired) electrons. The van der Waals surface area contributed by atoms with E-state index in [2.05, 4.69) is 0 Å². The first-order valence-electron chi connectivity index (χ1n) is 4.70. The summed E-state index contributed by atoms with van der Waals surface area (Å²) in [5, 5.41) is 0.0947. The van der Waals surface area contributed by atoms with E-state index in [-0.39, 0.29) is 14.9 Å². The third kappa shape index (κ3) is 4.03. The van der Waals surface area contributed by atoms with Gasteiger partial charge in [-0.1, -0.05) is 23.2 Å². The molecule has 0 bridgehead atoms. The highest BCUT2D eigenvalue weighted by Gasteiger charge is 2.30. The largest absolute Gasteiger partial charge is 0.325 e. The number of rotatable bonds is 5. The van der Waals surface area contributed by atoms with Crippen molar-refractivity contribution >= 4 is 33.2 Å². The molecule has 0 atom stereocenters. The molecule has 3 N–H and O–H groups in total. The molecule has 0 aliphatic rings. The molecule has 0 spiro atoms. The predicted molar refractivity (Wildman–Crippen MR) is 65.7 cm³/mol. The number of hydrogen-bond donors (Lipinski definition) is 2. The van der Waals surface area contributed by atoms with Crippen LogP contribution in [0.25, 0.3) is 0 Å². The van der Waals surface area contributed by atoms with Gasteiger partial charge in [-0.2, -0.15) is 0 Å². The lowest BCUT2D eigenvalue weighted by molar-refractivity contribution is 0.0170. The molecular formula is C9H10Cl2F2N2O2S. The van der Waals surface area contributed by atoms with Gasteiger partial charge in [-0.25, -0.2) is 21.9 Å². The Bertz CT molecular complexity index is 537. The van der Waals surface area contributed by atoms with Crippen molar-refractivity contribution in [1.29, 1.82) is 0 Å². The molecule has 0 aromatic heterocycles. The molecule has 0 saturated heterocycles. The molecule has 0 amide bonds. The molecule has 102 valence electrons. The van der Waals surface area contributed by atoms with Crippen molar-refractivity contribution in [3.63, 3.8) is 0 Å². The lowest BCUT2D eigenvalue weighted by Gasteiger charge is -2.15. The smallest absolute Gasteiger partial charge is 0.273 e. The molecule has 4 nitrogen and oxygen atoms in total. The fraction of sp³-hybridized carbons (Fsp3) is 0.333. The molecule has 0 aliphatic heterocycles. The summed E-state index contributed by atoms with van der Waals surface area (Å²) in [6, 6.07) is 3.63. The van der Waals surface area contributed by atoms with Gasteiger partial charge in [0.1, 0.15) is 4.90 Å². The van der Waals surface area contributed by atoms with Gasteiger partial charge in [0.05, 0.1) is 18.1 Å². The van der Waals surface area contributed by atoms with Crippen LogP contribution in [0.4, 0.5) is 8.78 Å².